The van der Waals surface area contributed by atoms with Gasteiger partial charge in [-0.3, -0.25) is 0 Å². The maximum Gasteiger partial charge on any atom is 0.416 e. The summed E-state index contributed by atoms with van der Waals surface area (Å²) in [7, 11) is 0. The first kappa shape index (κ1) is 18.0. The Balaban J connectivity index is 2.64. The van der Waals surface area contributed by atoms with Crippen LogP contribution in [0.5, 0.6) is 0 Å². The van der Waals surface area contributed by atoms with Crippen molar-refractivity contribution in [1.29, 1.82) is 10.5 Å². The van der Waals surface area contributed by atoms with Crippen molar-refractivity contribution in [3.8, 4) is 12.1 Å². The maximum absolute atomic E-state index is 13.1. The minimum atomic E-state index is -4.60. The molecule has 0 bridgehead atoms. The van der Waals surface area contributed by atoms with Gasteiger partial charge in [-0.2, -0.15) is 28.8 Å². The Morgan fingerprint density at radius 1 is 1.32 bits per heavy atom. The van der Waals surface area contributed by atoms with Gasteiger partial charge in [0.25, 0.3) is 0 Å². The van der Waals surface area contributed by atoms with Crippen molar-refractivity contribution >= 4 is 17.5 Å². The van der Waals surface area contributed by atoms with Gasteiger partial charge in [-0.15, -0.1) is 0 Å². The molecular formula is C16H12F3N5O. The van der Waals surface area contributed by atoms with Gasteiger partial charge in [0.05, 0.1) is 24.3 Å². The summed E-state index contributed by atoms with van der Waals surface area (Å²) in [6.45, 7) is -0.322. The third-order valence-electron chi connectivity index (χ3n) is 3.36. The lowest BCUT2D eigenvalue weighted by Crippen LogP contribution is -2.08. The number of nitrogen functional groups attached to an aromatic ring is 1. The number of nitrogens with zero attached hydrogens (tertiary/aromatic N) is 4. The maximum atomic E-state index is 13.1. The van der Waals surface area contributed by atoms with Gasteiger partial charge in [-0.25, -0.2) is 4.68 Å². The minimum absolute atomic E-state index is 0.0155. The fourth-order valence-electron chi connectivity index (χ4n) is 2.23. The molecule has 0 saturated heterocycles. The Labute approximate surface area is 140 Å². The van der Waals surface area contributed by atoms with Crippen molar-refractivity contribution in [1.82, 2.24) is 9.78 Å². The van der Waals surface area contributed by atoms with E-state index in [1.54, 1.807) is 12.1 Å². The molecule has 0 spiro atoms. The van der Waals surface area contributed by atoms with Crippen molar-refractivity contribution in [3.63, 3.8) is 0 Å². The van der Waals surface area contributed by atoms with Crippen molar-refractivity contribution in [2.24, 2.45) is 0 Å². The summed E-state index contributed by atoms with van der Waals surface area (Å²) in [5.74, 6) is -0.0724. The van der Waals surface area contributed by atoms with Gasteiger partial charge in [-0.1, -0.05) is 18.2 Å². The zero-order valence-electron chi connectivity index (χ0n) is 12.7. The van der Waals surface area contributed by atoms with Gasteiger partial charge >= 0.3 is 6.18 Å². The highest BCUT2D eigenvalue weighted by atomic mass is 19.4. The first-order valence-electron chi connectivity index (χ1n) is 6.99. The van der Waals surface area contributed by atoms with Gasteiger partial charge in [0.15, 0.2) is 0 Å². The minimum Gasteiger partial charge on any atom is -0.394 e. The lowest BCUT2D eigenvalue weighted by atomic mass is 10.0. The Kier molecular flexibility index (Phi) is 5.11. The molecule has 1 heterocycles. The van der Waals surface area contributed by atoms with E-state index in [9.17, 15) is 23.7 Å². The summed E-state index contributed by atoms with van der Waals surface area (Å²) in [5, 5.41) is 31.5. The van der Waals surface area contributed by atoms with Crippen molar-refractivity contribution < 1.29 is 18.3 Å². The number of aliphatic hydroxyl groups is 1. The Morgan fingerprint density at radius 3 is 2.56 bits per heavy atom. The SMILES string of the molecule is N#CC(=Cc1ccccc1C(F)(F)F)c1nn(CCO)c(N)c1C#N. The molecule has 0 unspecified atom stereocenters. The molecule has 0 aliphatic carbocycles. The predicted molar refractivity (Wildman–Crippen MR) is 83.4 cm³/mol. The highest BCUT2D eigenvalue weighted by molar-refractivity contribution is 5.91. The number of halogens is 3. The van der Waals surface area contributed by atoms with Crippen LogP contribution >= 0.6 is 0 Å². The summed E-state index contributed by atoms with van der Waals surface area (Å²) in [5.41, 5.74) is 4.09. The number of nitrogens with two attached hydrogens (primary N) is 1. The zero-order chi connectivity index (χ0) is 18.6. The molecule has 0 atom stereocenters. The molecule has 9 heteroatoms. The Bertz CT molecular complexity index is 900. The van der Waals surface area contributed by atoms with Crippen molar-refractivity contribution in [3.05, 3.63) is 46.6 Å². The second-order valence-corrected chi connectivity index (χ2v) is 4.92. The van der Waals surface area contributed by atoms with Crippen LogP contribution in [0.3, 0.4) is 0 Å². The summed E-state index contributed by atoms with van der Waals surface area (Å²) in [6, 6.07) is 8.28. The third kappa shape index (κ3) is 3.62. The van der Waals surface area contributed by atoms with Crippen LogP contribution in [0, 0.1) is 22.7 Å². The first-order chi connectivity index (χ1) is 11.8. The molecule has 2 aromatic rings. The second-order valence-electron chi connectivity index (χ2n) is 4.92. The van der Waals surface area contributed by atoms with Crippen LogP contribution in [0.1, 0.15) is 22.4 Å². The van der Waals surface area contributed by atoms with Gasteiger partial charge < -0.3 is 10.8 Å². The highest BCUT2D eigenvalue weighted by Crippen LogP contribution is 2.34. The van der Waals surface area contributed by atoms with Crippen LogP contribution in [0.25, 0.3) is 11.6 Å². The van der Waals surface area contributed by atoms with E-state index in [-0.39, 0.29) is 41.4 Å². The van der Waals surface area contributed by atoms with E-state index < -0.39 is 11.7 Å². The molecule has 25 heavy (non-hydrogen) atoms. The monoisotopic (exact) mass is 347 g/mol. The predicted octanol–water partition coefficient (Wildman–Crippen LogP) is 2.41. The van der Waals surface area contributed by atoms with Crippen LogP contribution in [0.4, 0.5) is 19.0 Å². The average Bonchev–Trinajstić information content (AvgIpc) is 2.88. The van der Waals surface area contributed by atoms with Crippen LogP contribution < -0.4 is 5.73 Å². The zero-order valence-corrected chi connectivity index (χ0v) is 12.7. The number of alkyl halides is 3. The fourth-order valence-corrected chi connectivity index (χ4v) is 2.23. The Morgan fingerprint density at radius 2 is 2.00 bits per heavy atom. The third-order valence-corrected chi connectivity index (χ3v) is 3.36. The number of hydrogen-bond donors (Lipinski definition) is 2. The van der Waals surface area contributed by atoms with E-state index >= 15 is 0 Å². The van der Waals surface area contributed by atoms with Gasteiger partial charge in [0, 0.05) is 0 Å². The van der Waals surface area contributed by atoms with E-state index in [1.807, 2.05) is 0 Å². The normalized spacial score (nSPS) is 11.8. The molecule has 128 valence electrons. The largest absolute Gasteiger partial charge is 0.416 e. The van der Waals surface area contributed by atoms with E-state index in [0.29, 0.717) is 0 Å². The van der Waals surface area contributed by atoms with Crippen LogP contribution in [0.2, 0.25) is 0 Å². The summed E-state index contributed by atoms with van der Waals surface area (Å²) < 4.78 is 40.4. The number of rotatable bonds is 4. The van der Waals surface area contributed by atoms with E-state index in [1.165, 1.54) is 18.2 Å². The topological polar surface area (TPSA) is 112 Å². The molecule has 0 amide bonds. The molecule has 0 saturated carbocycles. The van der Waals surface area contributed by atoms with Gasteiger partial charge in [0.2, 0.25) is 0 Å². The van der Waals surface area contributed by atoms with Crippen LogP contribution in [-0.2, 0) is 12.7 Å². The molecule has 6 nitrogen and oxygen atoms in total. The Hall–Kier alpha value is -3.30. The molecule has 2 rings (SSSR count). The lowest BCUT2D eigenvalue weighted by molar-refractivity contribution is -0.137. The standard InChI is InChI=1S/C16H12F3N5O/c17-16(18,19)13-4-2-1-3-10(13)7-11(8-20)14-12(9-21)15(22)24(23-14)5-6-25/h1-4,7,25H,5-6,22H2. The number of allylic oxidation sites excluding steroid dienone is 1. The summed E-state index contributed by atoms with van der Waals surface area (Å²) in [4.78, 5) is 0. The molecule has 3 N–H and O–H groups in total. The van der Waals surface area contributed by atoms with Crippen LogP contribution in [0.15, 0.2) is 24.3 Å². The second kappa shape index (κ2) is 7.07. The van der Waals surface area contributed by atoms with Crippen molar-refractivity contribution in [2.75, 3.05) is 12.3 Å². The van der Waals surface area contributed by atoms with Gasteiger partial charge in [0.1, 0.15) is 29.2 Å². The van der Waals surface area contributed by atoms with Gasteiger partial charge in [-0.05, 0) is 17.7 Å². The summed E-state index contributed by atoms with van der Waals surface area (Å²) in [6.07, 6.45) is -3.59. The molecule has 0 radical (unpaired) electrons. The fraction of sp³-hybridized carbons (Fsp3) is 0.188. The number of aromatic nitrogens is 2. The molecule has 0 aliphatic heterocycles. The van der Waals surface area contributed by atoms with E-state index in [0.717, 1.165) is 16.8 Å². The number of hydrogen-bond acceptors (Lipinski definition) is 5. The van der Waals surface area contributed by atoms with E-state index in [2.05, 4.69) is 5.10 Å². The molecule has 1 aromatic heterocycles. The number of aliphatic hydroxyl groups excluding tert-OH is 1. The summed E-state index contributed by atoms with van der Waals surface area (Å²) >= 11 is 0. The average molecular weight is 347 g/mol. The molecule has 1 aromatic carbocycles. The number of benzene rings is 1. The lowest BCUT2D eigenvalue weighted by Gasteiger charge is -2.10. The molecular weight excluding hydrogens is 335 g/mol. The highest BCUT2D eigenvalue weighted by Gasteiger charge is 2.32. The smallest absolute Gasteiger partial charge is 0.394 e. The quantitative estimate of drug-likeness (QED) is 0.825. The number of anilines is 1. The van der Waals surface area contributed by atoms with Crippen molar-refractivity contribution in [2.45, 2.75) is 12.7 Å². The van der Waals surface area contributed by atoms with Crippen LogP contribution in [-0.4, -0.2) is 21.5 Å². The molecule has 0 aliphatic rings. The number of nitriles is 2. The first-order valence-corrected chi connectivity index (χ1v) is 6.99. The molecule has 0 fully saturated rings. The van der Waals surface area contributed by atoms with E-state index in [4.69, 9.17) is 10.8 Å².